The number of allylic oxidation sites excluding steroid dienone is 1. The monoisotopic (exact) mass is 288 g/mol. The van der Waals surface area contributed by atoms with E-state index in [2.05, 4.69) is 0 Å². The summed E-state index contributed by atoms with van der Waals surface area (Å²) in [6.45, 7) is 0. The molecule has 0 amide bonds. The van der Waals surface area contributed by atoms with Gasteiger partial charge in [-0.2, -0.15) is 0 Å². The molecule has 6 heteroatoms. The summed E-state index contributed by atoms with van der Waals surface area (Å²) in [6.07, 6.45) is 2.31. The van der Waals surface area contributed by atoms with Crippen molar-refractivity contribution < 1.29 is 30.3 Å². The van der Waals surface area contributed by atoms with E-state index in [9.17, 15) is 25.2 Å². The maximum absolute atomic E-state index is 11.9. The van der Waals surface area contributed by atoms with E-state index in [1.807, 2.05) is 0 Å². The predicted molar refractivity (Wildman–Crippen MR) is 74.6 cm³/mol. The van der Waals surface area contributed by atoms with E-state index in [4.69, 9.17) is 5.11 Å². The minimum absolute atomic E-state index is 0.0217. The normalized spacial score (nSPS) is 10.9. The van der Waals surface area contributed by atoms with Crippen LogP contribution in [0.4, 0.5) is 0 Å². The third-order valence-corrected chi connectivity index (χ3v) is 2.82. The summed E-state index contributed by atoms with van der Waals surface area (Å²) in [5.74, 6) is -2.82. The first-order chi connectivity index (χ1) is 9.90. The highest BCUT2D eigenvalue weighted by atomic mass is 16.3. The van der Waals surface area contributed by atoms with Gasteiger partial charge in [0.05, 0.1) is 5.56 Å². The molecule has 0 atom stereocenters. The number of hydrogen-bond donors (Lipinski definition) is 5. The summed E-state index contributed by atoms with van der Waals surface area (Å²) in [6, 6.07) is 6.02. The largest absolute Gasteiger partial charge is 0.508 e. The SMILES string of the molecule is O=C(C=Cc1ccc(O)c(O)c1O)c1ccc(O)cc1O. The van der Waals surface area contributed by atoms with Crippen molar-refractivity contribution in [2.75, 3.05) is 0 Å². The van der Waals surface area contributed by atoms with Crippen LogP contribution >= 0.6 is 0 Å². The minimum Gasteiger partial charge on any atom is -0.508 e. The van der Waals surface area contributed by atoms with Crippen molar-refractivity contribution in [2.24, 2.45) is 0 Å². The van der Waals surface area contributed by atoms with Gasteiger partial charge in [0.25, 0.3) is 0 Å². The van der Waals surface area contributed by atoms with E-state index in [-0.39, 0.29) is 22.6 Å². The summed E-state index contributed by atoms with van der Waals surface area (Å²) < 4.78 is 0. The molecular weight excluding hydrogens is 276 g/mol. The fraction of sp³-hybridized carbons (Fsp3) is 0. The molecule has 0 aliphatic rings. The number of rotatable bonds is 3. The van der Waals surface area contributed by atoms with Gasteiger partial charge in [-0.15, -0.1) is 0 Å². The standard InChI is InChI=1S/C15H12O6/c16-9-3-4-10(13(19)7-9)11(17)5-1-8-2-6-12(18)15(21)14(8)20/h1-7,16,18-21H. The quantitative estimate of drug-likeness (QED) is 0.335. The van der Waals surface area contributed by atoms with Gasteiger partial charge in [-0.1, -0.05) is 0 Å². The van der Waals surface area contributed by atoms with E-state index in [1.54, 1.807) is 0 Å². The van der Waals surface area contributed by atoms with Gasteiger partial charge in [0.2, 0.25) is 5.75 Å². The lowest BCUT2D eigenvalue weighted by atomic mass is 10.1. The van der Waals surface area contributed by atoms with Crippen LogP contribution < -0.4 is 0 Å². The maximum atomic E-state index is 11.9. The van der Waals surface area contributed by atoms with Crippen LogP contribution in [0.25, 0.3) is 6.08 Å². The number of ketones is 1. The fourth-order valence-electron chi connectivity index (χ4n) is 1.70. The molecule has 0 heterocycles. The maximum Gasteiger partial charge on any atom is 0.200 e. The Labute approximate surface area is 119 Å². The Kier molecular flexibility index (Phi) is 3.71. The molecule has 0 bridgehead atoms. The number of phenols is 5. The van der Waals surface area contributed by atoms with Crippen LogP contribution in [0.2, 0.25) is 0 Å². The molecule has 0 saturated heterocycles. The van der Waals surface area contributed by atoms with Crippen molar-refractivity contribution >= 4 is 11.9 Å². The first-order valence-corrected chi connectivity index (χ1v) is 5.88. The van der Waals surface area contributed by atoms with E-state index >= 15 is 0 Å². The second-order valence-corrected chi connectivity index (χ2v) is 4.27. The Hall–Kier alpha value is -3.15. The van der Waals surface area contributed by atoms with Crippen LogP contribution in [0.5, 0.6) is 28.7 Å². The molecule has 0 unspecified atom stereocenters. The Morgan fingerprint density at radius 3 is 2.24 bits per heavy atom. The Morgan fingerprint density at radius 1 is 0.857 bits per heavy atom. The van der Waals surface area contributed by atoms with E-state index in [0.29, 0.717) is 0 Å². The smallest absolute Gasteiger partial charge is 0.200 e. The number of carbonyl (C=O) groups is 1. The molecule has 6 nitrogen and oxygen atoms in total. The average molecular weight is 288 g/mol. The van der Waals surface area contributed by atoms with Crippen molar-refractivity contribution in [3.63, 3.8) is 0 Å². The van der Waals surface area contributed by atoms with Crippen LogP contribution in [-0.2, 0) is 0 Å². The lowest BCUT2D eigenvalue weighted by Crippen LogP contribution is -1.94. The van der Waals surface area contributed by atoms with Crippen molar-refractivity contribution in [2.45, 2.75) is 0 Å². The number of hydrogen-bond acceptors (Lipinski definition) is 6. The molecule has 2 aromatic carbocycles. The average Bonchev–Trinajstić information content (AvgIpc) is 2.44. The van der Waals surface area contributed by atoms with Gasteiger partial charge < -0.3 is 25.5 Å². The fourth-order valence-corrected chi connectivity index (χ4v) is 1.70. The summed E-state index contributed by atoms with van der Waals surface area (Å²) in [5, 5.41) is 46.8. The van der Waals surface area contributed by atoms with Crippen LogP contribution in [0.1, 0.15) is 15.9 Å². The van der Waals surface area contributed by atoms with E-state index in [1.165, 1.54) is 24.3 Å². The van der Waals surface area contributed by atoms with Crippen LogP contribution in [0, 0.1) is 0 Å². The van der Waals surface area contributed by atoms with Crippen LogP contribution in [0.3, 0.4) is 0 Å². The molecule has 5 N–H and O–H groups in total. The van der Waals surface area contributed by atoms with Gasteiger partial charge in [0, 0.05) is 11.6 Å². The molecule has 2 aromatic rings. The van der Waals surface area contributed by atoms with Gasteiger partial charge in [-0.3, -0.25) is 4.79 Å². The summed E-state index contributed by atoms with van der Waals surface area (Å²) in [7, 11) is 0. The molecule has 108 valence electrons. The first-order valence-electron chi connectivity index (χ1n) is 5.88. The Balaban J connectivity index is 2.29. The molecule has 0 fully saturated rings. The molecule has 21 heavy (non-hydrogen) atoms. The first kappa shape index (κ1) is 14.3. The van der Waals surface area contributed by atoms with Crippen molar-refractivity contribution in [1.29, 1.82) is 0 Å². The van der Waals surface area contributed by atoms with Gasteiger partial charge in [-0.05, 0) is 36.4 Å². The third kappa shape index (κ3) is 2.89. The zero-order chi connectivity index (χ0) is 15.6. The number of aromatic hydroxyl groups is 5. The lowest BCUT2D eigenvalue weighted by Gasteiger charge is -2.04. The number of carbonyl (C=O) groups excluding carboxylic acids is 1. The van der Waals surface area contributed by atoms with Crippen LogP contribution in [0.15, 0.2) is 36.4 Å². The Morgan fingerprint density at radius 2 is 1.57 bits per heavy atom. The number of benzene rings is 2. The molecule has 0 aliphatic carbocycles. The van der Waals surface area contributed by atoms with Crippen molar-refractivity contribution in [1.82, 2.24) is 0 Å². The summed E-state index contributed by atoms with van der Waals surface area (Å²) in [4.78, 5) is 11.9. The highest BCUT2D eigenvalue weighted by Crippen LogP contribution is 2.37. The number of phenolic OH excluding ortho intramolecular Hbond substituents is 5. The summed E-state index contributed by atoms with van der Waals surface area (Å²) in [5.41, 5.74) is 0.100. The van der Waals surface area contributed by atoms with Gasteiger partial charge in [-0.25, -0.2) is 0 Å². The third-order valence-electron chi connectivity index (χ3n) is 2.82. The lowest BCUT2D eigenvalue weighted by molar-refractivity contribution is 0.104. The van der Waals surface area contributed by atoms with Crippen molar-refractivity contribution in [3.8, 4) is 28.7 Å². The highest BCUT2D eigenvalue weighted by Gasteiger charge is 2.11. The summed E-state index contributed by atoms with van der Waals surface area (Å²) >= 11 is 0. The molecule has 0 radical (unpaired) electrons. The zero-order valence-corrected chi connectivity index (χ0v) is 10.7. The molecule has 0 saturated carbocycles. The van der Waals surface area contributed by atoms with Crippen molar-refractivity contribution in [3.05, 3.63) is 47.5 Å². The molecular formula is C15H12O6. The zero-order valence-electron chi connectivity index (χ0n) is 10.7. The van der Waals surface area contributed by atoms with Gasteiger partial charge in [0.15, 0.2) is 17.3 Å². The molecule has 2 rings (SSSR count). The Bertz CT molecular complexity index is 733. The van der Waals surface area contributed by atoms with Gasteiger partial charge in [0.1, 0.15) is 11.5 Å². The molecule has 0 spiro atoms. The van der Waals surface area contributed by atoms with Gasteiger partial charge >= 0.3 is 0 Å². The topological polar surface area (TPSA) is 118 Å². The highest BCUT2D eigenvalue weighted by molar-refractivity contribution is 6.08. The van der Waals surface area contributed by atoms with Crippen LogP contribution in [-0.4, -0.2) is 31.3 Å². The van der Waals surface area contributed by atoms with E-state index in [0.717, 1.165) is 18.2 Å². The second-order valence-electron chi connectivity index (χ2n) is 4.27. The molecule has 0 aliphatic heterocycles. The second kappa shape index (κ2) is 5.46. The molecule has 0 aromatic heterocycles. The minimum atomic E-state index is -0.683. The van der Waals surface area contributed by atoms with E-state index < -0.39 is 23.0 Å². The predicted octanol–water partition coefficient (Wildman–Crippen LogP) is 2.11.